The summed E-state index contributed by atoms with van der Waals surface area (Å²) in [6, 6.07) is 10.2. The van der Waals surface area contributed by atoms with Gasteiger partial charge in [-0.25, -0.2) is 0 Å². The molecule has 0 atom stereocenters. The molecule has 1 aromatic rings. The Balaban J connectivity index is 2.59. The van der Waals surface area contributed by atoms with Crippen molar-refractivity contribution in [3.8, 4) is 12.3 Å². The zero-order valence-electron chi connectivity index (χ0n) is 9.24. The van der Waals surface area contributed by atoms with E-state index >= 15 is 0 Å². The third kappa shape index (κ3) is 3.61. The fraction of sp³-hybridized carbons (Fsp3) is 0.286. The Morgan fingerprint density at radius 1 is 1.40 bits per heavy atom. The van der Waals surface area contributed by atoms with Crippen LogP contribution >= 0.6 is 0 Å². The van der Waals surface area contributed by atoms with Crippen LogP contribution in [-0.2, 0) is 0 Å². The van der Waals surface area contributed by atoms with Crippen molar-refractivity contribution in [1.29, 1.82) is 0 Å². The maximum absolute atomic E-state index is 5.30. The molecule has 0 N–H and O–H groups in total. The molecule has 78 valence electrons. The largest absolute Gasteiger partial charge is 0.288 e. The number of rotatable bonds is 5. The van der Waals surface area contributed by atoms with E-state index in [-0.39, 0.29) is 0 Å². The molecule has 0 aliphatic heterocycles. The first kappa shape index (κ1) is 11.6. The van der Waals surface area contributed by atoms with E-state index in [1.807, 2.05) is 18.2 Å². The minimum Gasteiger partial charge on any atom is -0.288 e. The van der Waals surface area contributed by atoms with Crippen LogP contribution in [-0.4, -0.2) is 24.5 Å². The summed E-state index contributed by atoms with van der Waals surface area (Å²) in [4.78, 5) is 2.19. The number of hydrogen-bond acceptors (Lipinski definition) is 1. The second-order valence-corrected chi connectivity index (χ2v) is 3.48. The van der Waals surface area contributed by atoms with Gasteiger partial charge in [-0.2, -0.15) is 0 Å². The highest BCUT2D eigenvalue weighted by atomic mass is 15.1. The minimum atomic E-state index is 0.683. The summed E-state index contributed by atoms with van der Waals surface area (Å²) in [5.41, 5.74) is 2.31. The van der Waals surface area contributed by atoms with Crippen LogP contribution in [0.15, 0.2) is 36.9 Å². The average molecular weight is 199 g/mol. The standard InChI is InChI=1S/C14H17N/c1-4-11-15(5-2)12-13(3)14-9-7-6-8-10-14/h1,6-10H,3,5,11-12H2,2H3. The van der Waals surface area contributed by atoms with E-state index in [0.29, 0.717) is 6.54 Å². The van der Waals surface area contributed by atoms with Gasteiger partial charge in [-0.3, -0.25) is 4.90 Å². The summed E-state index contributed by atoms with van der Waals surface area (Å²) in [6.45, 7) is 8.67. The molecule has 0 saturated heterocycles. The molecule has 1 rings (SSSR count). The molecule has 0 heterocycles. The van der Waals surface area contributed by atoms with Gasteiger partial charge in [0.25, 0.3) is 0 Å². The number of hydrogen-bond donors (Lipinski definition) is 0. The smallest absolute Gasteiger partial charge is 0.0601 e. The van der Waals surface area contributed by atoms with E-state index in [1.165, 1.54) is 5.56 Å². The first-order valence-corrected chi connectivity index (χ1v) is 5.17. The van der Waals surface area contributed by atoms with E-state index in [4.69, 9.17) is 6.42 Å². The maximum Gasteiger partial charge on any atom is 0.0601 e. The number of likely N-dealkylation sites (N-methyl/N-ethyl adjacent to an activating group) is 1. The van der Waals surface area contributed by atoms with Gasteiger partial charge in [-0.1, -0.05) is 49.8 Å². The fourth-order valence-corrected chi connectivity index (χ4v) is 1.44. The van der Waals surface area contributed by atoms with Gasteiger partial charge in [0.05, 0.1) is 6.54 Å². The fourth-order valence-electron chi connectivity index (χ4n) is 1.44. The molecule has 1 heteroatoms. The van der Waals surface area contributed by atoms with Crippen molar-refractivity contribution in [2.45, 2.75) is 6.92 Å². The molecular weight excluding hydrogens is 182 g/mol. The topological polar surface area (TPSA) is 3.24 Å². The minimum absolute atomic E-state index is 0.683. The zero-order valence-corrected chi connectivity index (χ0v) is 9.24. The summed E-state index contributed by atoms with van der Waals surface area (Å²) in [7, 11) is 0. The predicted octanol–water partition coefficient (Wildman–Crippen LogP) is 2.65. The van der Waals surface area contributed by atoms with E-state index in [2.05, 4.69) is 36.5 Å². The van der Waals surface area contributed by atoms with E-state index < -0.39 is 0 Å². The first-order chi connectivity index (χ1) is 7.27. The van der Waals surface area contributed by atoms with Crippen molar-refractivity contribution in [1.82, 2.24) is 4.90 Å². The van der Waals surface area contributed by atoms with Crippen molar-refractivity contribution < 1.29 is 0 Å². The maximum atomic E-state index is 5.30. The van der Waals surface area contributed by atoms with Crippen molar-refractivity contribution in [3.05, 3.63) is 42.5 Å². The lowest BCUT2D eigenvalue weighted by molar-refractivity contribution is 0.365. The zero-order chi connectivity index (χ0) is 11.1. The highest BCUT2D eigenvalue weighted by Crippen LogP contribution is 2.12. The van der Waals surface area contributed by atoms with Crippen molar-refractivity contribution in [2.24, 2.45) is 0 Å². The summed E-state index contributed by atoms with van der Waals surface area (Å²) >= 11 is 0. The molecule has 0 radical (unpaired) electrons. The lowest BCUT2D eigenvalue weighted by Gasteiger charge is -2.18. The Kier molecular flexibility index (Phi) is 4.66. The normalized spacial score (nSPS) is 9.93. The summed E-state index contributed by atoms with van der Waals surface area (Å²) in [6.07, 6.45) is 5.30. The molecule has 0 amide bonds. The molecule has 1 aromatic carbocycles. The second-order valence-electron chi connectivity index (χ2n) is 3.48. The van der Waals surface area contributed by atoms with Crippen LogP contribution in [0.3, 0.4) is 0 Å². The Morgan fingerprint density at radius 3 is 2.60 bits per heavy atom. The summed E-state index contributed by atoms with van der Waals surface area (Å²) in [5.74, 6) is 2.66. The molecule has 0 bridgehead atoms. The van der Waals surface area contributed by atoms with Gasteiger partial charge < -0.3 is 0 Å². The monoisotopic (exact) mass is 199 g/mol. The van der Waals surface area contributed by atoms with Gasteiger partial charge >= 0.3 is 0 Å². The van der Waals surface area contributed by atoms with Crippen LogP contribution in [0.25, 0.3) is 5.57 Å². The molecule has 1 nitrogen and oxygen atoms in total. The Bertz CT molecular complexity index is 345. The predicted molar refractivity (Wildman–Crippen MR) is 66.4 cm³/mol. The van der Waals surface area contributed by atoms with Crippen molar-refractivity contribution >= 4 is 5.57 Å². The third-order valence-electron chi connectivity index (χ3n) is 2.36. The van der Waals surface area contributed by atoms with Crippen LogP contribution in [0.5, 0.6) is 0 Å². The molecule has 0 spiro atoms. The SMILES string of the molecule is C#CCN(CC)CC(=C)c1ccccc1. The van der Waals surface area contributed by atoms with E-state index in [1.54, 1.807) is 0 Å². The molecular formula is C14H17N. The Morgan fingerprint density at radius 2 is 2.07 bits per heavy atom. The van der Waals surface area contributed by atoms with Gasteiger partial charge in [0.1, 0.15) is 0 Å². The van der Waals surface area contributed by atoms with Gasteiger partial charge in [-0.15, -0.1) is 6.42 Å². The molecule has 0 unspecified atom stereocenters. The van der Waals surface area contributed by atoms with Gasteiger partial charge in [0.15, 0.2) is 0 Å². The Hall–Kier alpha value is -1.52. The molecule has 15 heavy (non-hydrogen) atoms. The number of terminal acetylenes is 1. The molecule has 0 aliphatic carbocycles. The molecule has 0 fully saturated rings. The number of nitrogens with zero attached hydrogens (tertiary/aromatic N) is 1. The first-order valence-electron chi connectivity index (χ1n) is 5.17. The molecule has 0 aromatic heterocycles. The van der Waals surface area contributed by atoms with Crippen LogP contribution in [0.1, 0.15) is 12.5 Å². The average Bonchev–Trinajstić information content (AvgIpc) is 2.29. The second kappa shape index (κ2) is 6.06. The lowest BCUT2D eigenvalue weighted by Crippen LogP contribution is -2.25. The van der Waals surface area contributed by atoms with Crippen molar-refractivity contribution in [3.63, 3.8) is 0 Å². The van der Waals surface area contributed by atoms with Crippen LogP contribution in [0.2, 0.25) is 0 Å². The van der Waals surface area contributed by atoms with Gasteiger partial charge in [0, 0.05) is 6.54 Å². The highest BCUT2D eigenvalue weighted by molar-refractivity contribution is 5.64. The summed E-state index contributed by atoms with van der Waals surface area (Å²) < 4.78 is 0. The molecule has 0 aliphatic rings. The van der Waals surface area contributed by atoms with E-state index in [9.17, 15) is 0 Å². The quantitative estimate of drug-likeness (QED) is 0.659. The van der Waals surface area contributed by atoms with Crippen LogP contribution < -0.4 is 0 Å². The highest BCUT2D eigenvalue weighted by Gasteiger charge is 2.04. The van der Waals surface area contributed by atoms with Crippen LogP contribution in [0, 0.1) is 12.3 Å². The summed E-state index contributed by atoms with van der Waals surface area (Å²) in [5, 5.41) is 0. The van der Waals surface area contributed by atoms with Crippen molar-refractivity contribution in [2.75, 3.05) is 19.6 Å². The van der Waals surface area contributed by atoms with E-state index in [0.717, 1.165) is 18.7 Å². The Labute approximate surface area is 92.4 Å². The van der Waals surface area contributed by atoms with Crippen LogP contribution in [0.4, 0.5) is 0 Å². The number of benzene rings is 1. The third-order valence-corrected chi connectivity index (χ3v) is 2.36. The lowest BCUT2D eigenvalue weighted by atomic mass is 10.1. The molecule has 0 saturated carbocycles. The van der Waals surface area contributed by atoms with Gasteiger partial charge in [0.2, 0.25) is 0 Å². The van der Waals surface area contributed by atoms with Gasteiger partial charge in [-0.05, 0) is 17.7 Å².